The van der Waals surface area contributed by atoms with Crippen molar-refractivity contribution >= 4 is 11.8 Å². The predicted octanol–water partition coefficient (Wildman–Crippen LogP) is 1.41. The number of rotatable bonds is 2. The molecular weight excluding hydrogens is 342 g/mol. The van der Waals surface area contributed by atoms with Crippen LogP contribution in [-0.4, -0.2) is 46.1 Å². The third-order valence-corrected chi connectivity index (χ3v) is 6.42. The van der Waals surface area contributed by atoms with Gasteiger partial charge in [-0.1, -0.05) is 24.3 Å². The Hall–Kier alpha value is -1.92. The molecule has 2 fully saturated rings. The average Bonchev–Trinajstić information content (AvgIpc) is 3.08. The van der Waals surface area contributed by atoms with E-state index in [1.54, 1.807) is 4.90 Å². The van der Waals surface area contributed by atoms with Crippen LogP contribution >= 0.6 is 0 Å². The number of hydrogen-bond acceptors (Lipinski definition) is 4. The quantitative estimate of drug-likeness (QED) is 0.732. The van der Waals surface area contributed by atoms with Crippen LogP contribution in [0.1, 0.15) is 62.1 Å². The minimum absolute atomic E-state index is 0.00521. The number of aliphatic hydroxyl groups is 1. The second-order valence-electron chi connectivity index (χ2n) is 8.22. The normalized spacial score (nSPS) is 33.6. The largest absolute Gasteiger partial charge is 0.393 e. The minimum Gasteiger partial charge on any atom is -0.393 e. The number of aryl methyl sites for hydroxylation is 1. The van der Waals surface area contributed by atoms with E-state index >= 15 is 0 Å². The van der Waals surface area contributed by atoms with Crippen LogP contribution < -0.4 is 11.1 Å². The molecule has 2 amide bonds. The molecule has 2 saturated heterocycles. The van der Waals surface area contributed by atoms with Crippen molar-refractivity contribution in [3.8, 4) is 0 Å². The molecule has 0 radical (unpaired) electrons. The van der Waals surface area contributed by atoms with E-state index in [0.717, 1.165) is 25.7 Å². The Balaban J connectivity index is 1.51. The Labute approximate surface area is 160 Å². The predicted molar refractivity (Wildman–Crippen MR) is 102 cm³/mol. The van der Waals surface area contributed by atoms with Crippen LogP contribution in [0, 0.1) is 0 Å². The molecule has 5 atom stereocenters. The number of amides is 2. The van der Waals surface area contributed by atoms with Gasteiger partial charge in [0.2, 0.25) is 11.8 Å². The molecule has 1 aromatic carbocycles. The first-order chi connectivity index (χ1) is 13.0. The second-order valence-corrected chi connectivity index (χ2v) is 8.22. The first-order valence-corrected chi connectivity index (χ1v) is 10.2. The summed E-state index contributed by atoms with van der Waals surface area (Å²) in [6, 6.07) is 7.07. The van der Waals surface area contributed by atoms with Gasteiger partial charge in [-0.05, 0) is 62.5 Å². The highest BCUT2D eigenvalue weighted by molar-refractivity contribution is 5.91. The Morgan fingerprint density at radius 1 is 1.15 bits per heavy atom. The fraction of sp³-hybridized carbons (Fsp3) is 0.619. The van der Waals surface area contributed by atoms with Crippen molar-refractivity contribution in [3.05, 3.63) is 35.4 Å². The molecule has 27 heavy (non-hydrogen) atoms. The summed E-state index contributed by atoms with van der Waals surface area (Å²) >= 11 is 0. The van der Waals surface area contributed by atoms with Crippen molar-refractivity contribution in [2.24, 2.45) is 5.73 Å². The van der Waals surface area contributed by atoms with Gasteiger partial charge in [0.15, 0.2) is 0 Å². The molecule has 146 valence electrons. The molecular formula is C21H29N3O3. The molecule has 3 aliphatic rings. The van der Waals surface area contributed by atoms with E-state index in [2.05, 4.69) is 17.4 Å². The molecule has 4 rings (SSSR count). The molecule has 4 N–H and O–H groups in total. The van der Waals surface area contributed by atoms with E-state index in [-0.39, 0.29) is 23.9 Å². The number of nitrogens with zero attached hydrogens (tertiary/aromatic N) is 1. The van der Waals surface area contributed by atoms with E-state index < -0.39 is 18.2 Å². The Morgan fingerprint density at radius 2 is 1.96 bits per heavy atom. The summed E-state index contributed by atoms with van der Waals surface area (Å²) < 4.78 is 0. The third kappa shape index (κ3) is 3.60. The summed E-state index contributed by atoms with van der Waals surface area (Å²) in [7, 11) is 0. The zero-order valence-electron chi connectivity index (χ0n) is 15.6. The van der Waals surface area contributed by atoms with Crippen molar-refractivity contribution in [1.82, 2.24) is 10.2 Å². The van der Waals surface area contributed by atoms with Gasteiger partial charge in [0.1, 0.15) is 6.04 Å². The smallest absolute Gasteiger partial charge is 0.243 e. The van der Waals surface area contributed by atoms with E-state index in [1.807, 2.05) is 12.1 Å². The van der Waals surface area contributed by atoms with E-state index in [9.17, 15) is 14.7 Å². The fourth-order valence-electron chi connectivity index (χ4n) is 5.00. The van der Waals surface area contributed by atoms with Gasteiger partial charge in [0.25, 0.3) is 0 Å². The molecule has 1 aromatic rings. The third-order valence-electron chi connectivity index (χ3n) is 6.42. The number of nitrogens with one attached hydrogen (secondary N) is 1. The van der Waals surface area contributed by atoms with Crippen molar-refractivity contribution in [3.63, 3.8) is 0 Å². The summed E-state index contributed by atoms with van der Waals surface area (Å²) in [6.07, 6.45) is 5.49. The molecule has 0 aromatic heterocycles. The minimum atomic E-state index is -0.633. The molecule has 6 nitrogen and oxygen atoms in total. The topological polar surface area (TPSA) is 95.7 Å². The summed E-state index contributed by atoms with van der Waals surface area (Å²) in [6.45, 7) is 0. The lowest BCUT2D eigenvalue weighted by Gasteiger charge is -2.36. The Morgan fingerprint density at radius 3 is 2.81 bits per heavy atom. The zero-order chi connectivity index (χ0) is 19.0. The van der Waals surface area contributed by atoms with Gasteiger partial charge < -0.3 is 21.1 Å². The summed E-state index contributed by atoms with van der Waals surface area (Å²) in [5.41, 5.74) is 8.53. The Bertz CT molecular complexity index is 722. The van der Waals surface area contributed by atoms with Crippen molar-refractivity contribution in [2.75, 3.05) is 0 Å². The second kappa shape index (κ2) is 7.60. The van der Waals surface area contributed by atoms with Gasteiger partial charge >= 0.3 is 0 Å². The number of benzene rings is 1. The van der Waals surface area contributed by atoms with Crippen LogP contribution in [0.5, 0.6) is 0 Å². The zero-order valence-corrected chi connectivity index (χ0v) is 15.6. The molecule has 2 heterocycles. The molecule has 0 bridgehead atoms. The number of carbonyl (C=O) groups excluding carboxylic acids is 2. The maximum atomic E-state index is 13.1. The standard InChI is InChI=1S/C21H29N3O3/c22-17-10-9-15(25)12-14-8-11-19(24(14)21(17)27)20(26)23-18-7-3-5-13-4-1-2-6-16(13)18/h1-2,4,6,14-15,17-19,25H,3,5,7-12,22H2,(H,23,26)/t14-,15?,17+,18-,19+/m1/s1. The lowest BCUT2D eigenvalue weighted by Crippen LogP contribution is -2.55. The van der Waals surface area contributed by atoms with Gasteiger partial charge in [0, 0.05) is 6.04 Å². The van der Waals surface area contributed by atoms with Crippen molar-refractivity contribution < 1.29 is 14.7 Å². The number of hydrogen-bond donors (Lipinski definition) is 3. The lowest BCUT2D eigenvalue weighted by molar-refractivity contribution is -0.143. The SMILES string of the molecule is N[C@H]1CCC(O)C[C@H]2CC[C@@H](C(=O)N[C@@H]3CCCc4ccccc43)N2C1=O. The maximum Gasteiger partial charge on any atom is 0.243 e. The van der Waals surface area contributed by atoms with Crippen LogP contribution in [0.25, 0.3) is 0 Å². The average molecular weight is 371 g/mol. The monoisotopic (exact) mass is 371 g/mol. The van der Waals surface area contributed by atoms with Crippen LogP contribution in [0.3, 0.4) is 0 Å². The summed E-state index contributed by atoms with van der Waals surface area (Å²) in [4.78, 5) is 27.6. The Kier molecular flexibility index (Phi) is 5.19. The van der Waals surface area contributed by atoms with Crippen LogP contribution in [0.4, 0.5) is 0 Å². The number of nitrogens with two attached hydrogens (primary N) is 1. The van der Waals surface area contributed by atoms with Gasteiger partial charge in [-0.3, -0.25) is 9.59 Å². The molecule has 2 aliphatic heterocycles. The highest BCUT2D eigenvalue weighted by atomic mass is 16.3. The van der Waals surface area contributed by atoms with Gasteiger partial charge in [0.05, 0.1) is 18.2 Å². The van der Waals surface area contributed by atoms with Crippen molar-refractivity contribution in [1.29, 1.82) is 0 Å². The molecule has 1 aliphatic carbocycles. The number of carbonyl (C=O) groups is 2. The molecule has 1 unspecified atom stereocenters. The van der Waals surface area contributed by atoms with Crippen LogP contribution in [0.2, 0.25) is 0 Å². The van der Waals surface area contributed by atoms with Gasteiger partial charge in [-0.2, -0.15) is 0 Å². The highest BCUT2D eigenvalue weighted by Gasteiger charge is 2.44. The number of aliphatic hydroxyl groups excluding tert-OH is 1. The van der Waals surface area contributed by atoms with Gasteiger partial charge in [-0.15, -0.1) is 0 Å². The van der Waals surface area contributed by atoms with Crippen molar-refractivity contribution in [2.45, 2.75) is 81.6 Å². The van der Waals surface area contributed by atoms with Gasteiger partial charge in [-0.25, -0.2) is 0 Å². The first-order valence-electron chi connectivity index (χ1n) is 10.2. The molecule has 0 saturated carbocycles. The van der Waals surface area contributed by atoms with E-state index in [0.29, 0.717) is 25.7 Å². The number of fused-ring (bicyclic) bond motifs is 2. The maximum absolute atomic E-state index is 13.1. The summed E-state index contributed by atoms with van der Waals surface area (Å²) in [5, 5.41) is 13.4. The van der Waals surface area contributed by atoms with Crippen LogP contribution in [0.15, 0.2) is 24.3 Å². The lowest BCUT2D eigenvalue weighted by atomic mass is 9.87. The van der Waals surface area contributed by atoms with E-state index in [4.69, 9.17) is 5.73 Å². The molecule has 6 heteroatoms. The first kappa shape index (κ1) is 18.4. The molecule has 0 spiro atoms. The van der Waals surface area contributed by atoms with Crippen LogP contribution in [-0.2, 0) is 16.0 Å². The summed E-state index contributed by atoms with van der Waals surface area (Å²) in [5.74, 6) is -0.233. The fourth-order valence-corrected chi connectivity index (χ4v) is 5.00. The van der Waals surface area contributed by atoms with E-state index in [1.165, 1.54) is 11.1 Å². The highest BCUT2D eigenvalue weighted by Crippen LogP contribution is 2.33.